The largest absolute Gasteiger partial charge is 0.314 e. The highest BCUT2D eigenvalue weighted by atomic mass is 15.4. The third-order valence-electron chi connectivity index (χ3n) is 2.98. The summed E-state index contributed by atoms with van der Waals surface area (Å²) < 4.78 is 1.89. The van der Waals surface area contributed by atoms with Gasteiger partial charge in [-0.15, -0.1) is 5.10 Å². The summed E-state index contributed by atoms with van der Waals surface area (Å²) >= 11 is 0. The third-order valence-corrected chi connectivity index (χ3v) is 2.98. The molecule has 0 unspecified atom stereocenters. The molecule has 0 amide bonds. The summed E-state index contributed by atoms with van der Waals surface area (Å²) in [5, 5.41) is 11.5. The van der Waals surface area contributed by atoms with E-state index in [1.807, 2.05) is 10.9 Å². The van der Waals surface area contributed by atoms with Gasteiger partial charge in [0.05, 0.1) is 6.20 Å². The fraction of sp³-hybridized carbons (Fsp3) is 0.857. The summed E-state index contributed by atoms with van der Waals surface area (Å²) in [5.74, 6) is 1.52. The van der Waals surface area contributed by atoms with Gasteiger partial charge < -0.3 is 5.32 Å². The molecule has 0 spiro atoms. The number of aromatic nitrogens is 3. The monoisotopic (exact) mass is 252 g/mol. The lowest BCUT2D eigenvalue weighted by Gasteiger charge is -2.22. The van der Waals surface area contributed by atoms with Crippen molar-refractivity contribution in [3.05, 3.63) is 12.4 Å². The summed E-state index contributed by atoms with van der Waals surface area (Å²) in [6.45, 7) is 11.2. The van der Waals surface area contributed by atoms with Crippen LogP contribution in [0, 0.1) is 11.8 Å². The van der Waals surface area contributed by atoms with Crippen LogP contribution in [0.3, 0.4) is 0 Å². The second-order valence-corrected chi connectivity index (χ2v) is 5.93. The fourth-order valence-electron chi connectivity index (χ4n) is 2.30. The predicted molar refractivity (Wildman–Crippen MR) is 75.3 cm³/mol. The third kappa shape index (κ3) is 6.74. The molecule has 0 fully saturated rings. The Morgan fingerprint density at radius 3 is 2.28 bits per heavy atom. The van der Waals surface area contributed by atoms with Crippen molar-refractivity contribution < 1.29 is 0 Å². The number of hydrogen-bond acceptors (Lipinski definition) is 3. The van der Waals surface area contributed by atoms with Crippen LogP contribution in [-0.2, 0) is 6.54 Å². The van der Waals surface area contributed by atoms with Crippen molar-refractivity contribution in [3.63, 3.8) is 0 Å². The van der Waals surface area contributed by atoms with E-state index in [0.29, 0.717) is 6.04 Å². The van der Waals surface area contributed by atoms with Gasteiger partial charge in [-0.05, 0) is 37.6 Å². The van der Waals surface area contributed by atoms with E-state index in [1.165, 1.54) is 12.8 Å². The second kappa shape index (κ2) is 8.25. The number of aryl methyl sites for hydroxylation is 1. The highest BCUT2D eigenvalue weighted by Gasteiger charge is 2.11. The van der Waals surface area contributed by atoms with Gasteiger partial charge in [0.25, 0.3) is 0 Å². The molecule has 1 rings (SSSR count). The van der Waals surface area contributed by atoms with Gasteiger partial charge in [-0.2, -0.15) is 0 Å². The molecule has 1 heterocycles. The fourth-order valence-corrected chi connectivity index (χ4v) is 2.30. The molecule has 0 aliphatic rings. The van der Waals surface area contributed by atoms with Crippen LogP contribution in [0.2, 0.25) is 0 Å². The van der Waals surface area contributed by atoms with Gasteiger partial charge in [0.15, 0.2) is 0 Å². The molecule has 1 aromatic heterocycles. The molecule has 4 nitrogen and oxygen atoms in total. The minimum Gasteiger partial charge on any atom is -0.314 e. The number of nitrogens with zero attached hydrogens (tertiary/aromatic N) is 3. The summed E-state index contributed by atoms with van der Waals surface area (Å²) in [6, 6.07) is 0.653. The molecular weight excluding hydrogens is 224 g/mol. The molecule has 104 valence electrons. The first kappa shape index (κ1) is 15.2. The Balaban J connectivity index is 2.19. The molecule has 0 aliphatic carbocycles. The van der Waals surface area contributed by atoms with Crippen LogP contribution in [0.4, 0.5) is 0 Å². The van der Waals surface area contributed by atoms with Gasteiger partial charge in [-0.25, -0.2) is 0 Å². The maximum atomic E-state index is 3.97. The number of rotatable bonds is 9. The maximum absolute atomic E-state index is 3.97. The van der Waals surface area contributed by atoms with Crippen molar-refractivity contribution in [1.29, 1.82) is 0 Å². The van der Waals surface area contributed by atoms with Crippen molar-refractivity contribution in [2.45, 2.75) is 59.5 Å². The van der Waals surface area contributed by atoms with Crippen molar-refractivity contribution in [2.24, 2.45) is 11.8 Å². The van der Waals surface area contributed by atoms with Crippen molar-refractivity contribution in [1.82, 2.24) is 20.3 Å². The first-order chi connectivity index (χ1) is 8.58. The predicted octanol–water partition coefficient (Wildman–Crippen LogP) is 2.72. The van der Waals surface area contributed by atoms with Crippen LogP contribution in [0.1, 0.15) is 47.0 Å². The van der Waals surface area contributed by atoms with E-state index in [9.17, 15) is 0 Å². The van der Waals surface area contributed by atoms with Gasteiger partial charge in [0.2, 0.25) is 0 Å². The van der Waals surface area contributed by atoms with Crippen LogP contribution >= 0.6 is 0 Å². The molecule has 0 radical (unpaired) electrons. The zero-order chi connectivity index (χ0) is 13.4. The minimum atomic E-state index is 0.653. The highest BCUT2D eigenvalue weighted by Crippen LogP contribution is 2.13. The molecule has 0 bridgehead atoms. The van der Waals surface area contributed by atoms with E-state index in [4.69, 9.17) is 0 Å². The van der Waals surface area contributed by atoms with Crippen molar-refractivity contribution >= 4 is 0 Å². The Hall–Kier alpha value is -0.900. The van der Waals surface area contributed by atoms with Crippen LogP contribution < -0.4 is 5.32 Å². The first-order valence-corrected chi connectivity index (χ1v) is 7.15. The minimum absolute atomic E-state index is 0.653. The van der Waals surface area contributed by atoms with E-state index in [-0.39, 0.29) is 0 Å². The molecule has 0 saturated carbocycles. The molecule has 0 aliphatic heterocycles. The molecule has 18 heavy (non-hydrogen) atoms. The Morgan fingerprint density at radius 1 is 1.11 bits per heavy atom. The van der Waals surface area contributed by atoms with Crippen molar-refractivity contribution in [3.8, 4) is 0 Å². The van der Waals surface area contributed by atoms with Crippen LogP contribution in [-0.4, -0.2) is 27.6 Å². The molecule has 4 heteroatoms. The van der Waals surface area contributed by atoms with E-state index in [1.54, 1.807) is 6.20 Å². The average Bonchev–Trinajstić information content (AvgIpc) is 2.75. The smallest absolute Gasteiger partial charge is 0.0692 e. The van der Waals surface area contributed by atoms with Gasteiger partial charge in [-0.1, -0.05) is 32.9 Å². The Kier molecular flexibility index (Phi) is 6.94. The van der Waals surface area contributed by atoms with Crippen LogP contribution in [0.25, 0.3) is 0 Å². The quantitative estimate of drug-likeness (QED) is 0.687. The van der Waals surface area contributed by atoms with E-state index >= 15 is 0 Å². The molecule has 1 N–H and O–H groups in total. The molecular formula is C14H28N4. The molecule has 0 saturated heterocycles. The van der Waals surface area contributed by atoms with Gasteiger partial charge >= 0.3 is 0 Å². The first-order valence-electron chi connectivity index (χ1n) is 7.15. The Labute approximate surface area is 111 Å². The van der Waals surface area contributed by atoms with Gasteiger partial charge in [0, 0.05) is 18.8 Å². The van der Waals surface area contributed by atoms with Crippen molar-refractivity contribution in [2.75, 3.05) is 6.54 Å². The second-order valence-electron chi connectivity index (χ2n) is 5.93. The lowest BCUT2D eigenvalue weighted by molar-refractivity contribution is 0.354. The average molecular weight is 252 g/mol. The van der Waals surface area contributed by atoms with Crippen LogP contribution in [0.15, 0.2) is 12.4 Å². The maximum Gasteiger partial charge on any atom is 0.0692 e. The number of nitrogens with one attached hydrogen (secondary N) is 1. The Bertz CT molecular complexity index is 283. The summed E-state index contributed by atoms with van der Waals surface area (Å²) in [4.78, 5) is 0. The van der Waals surface area contributed by atoms with E-state index < -0.39 is 0 Å². The lowest BCUT2D eigenvalue weighted by atomic mass is 9.95. The van der Waals surface area contributed by atoms with E-state index in [2.05, 4.69) is 43.3 Å². The molecule has 0 aromatic carbocycles. The zero-order valence-electron chi connectivity index (χ0n) is 12.3. The highest BCUT2D eigenvalue weighted by molar-refractivity contribution is 4.71. The van der Waals surface area contributed by atoms with E-state index in [0.717, 1.165) is 31.3 Å². The van der Waals surface area contributed by atoms with Gasteiger partial charge in [0.1, 0.15) is 0 Å². The SMILES string of the molecule is CC(C)CC(CC(C)C)NCCCn1ccnn1. The lowest BCUT2D eigenvalue weighted by Crippen LogP contribution is -2.33. The summed E-state index contributed by atoms with van der Waals surface area (Å²) in [7, 11) is 0. The normalized spacial score (nSPS) is 11.9. The van der Waals surface area contributed by atoms with Gasteiger partial charge in [-0.3, -0.25) is 4.68 Å². The Morgan fingerprint density at radius 2 is 1.78 bits per heavy atom. The number of hydrogen-bond donors (Lipinski definition) is 1. The van der Waals surface area contributed by atoms with Crippen LogP contribution in [0.5, 0.6) is 0 Å². The summed E-state index contributed by atoms with van der Waals surface area (Å²) in [6.07, 6.45) is 7.28. The molecule has 1 aromatic rings. The topological polar surface area (TPSA) is 42.7 Å². The zero-order valence-corrected chi connectivity index (χ0v) is 12.3. The summed E-state index contributed by atoms with van der Waals surface area (Å²) in [5.41, 5.74) is 0. The standard InChI is InChI=1S/C14H28N4/c1-12(2)10-14(11-13(3)4)15-6-5-8-18-9-7-16-17-18/h7,9,12-15H,5-6,8,10-11H2,1-4H3. The molecule has 0 atom stereocenters.